The Labute approximate surface area is 168 Å². The van der Waals surface area contributed by atoms with E-state index < -0.39 is 23.7 Å². The van der Waals surface area contributed by atoms with Crippen LogP contribution in [0.5, 0.6) is 11.5 Å². The number of rotatable bonds is 9. The minimum absolute atomic E-state index is 0.193. The van der Waals surface area contributed by atoms with E-state index in [9.17, 15) is 14.4 Å². The average Bonchev–Trinajstić information content (AvgIpc) is 2.93. The van der Waals surface area contributed by atoms with E-state index in [1.165, 1.54) is 7.11 Å². The maximum absolute atomic E-state index is 12.6. The highest BCUT2D eigenvalue weighted by atomic mass is 32.2. The number of amides is 2. The van der Waals surface area contributed by atoms with E-state index in [0.29, 0.717) is 23.5 Å². The smallest absolute Gasteiger partial charge is 0.326 e. The first-order chi connectivity index (χ1) is 13.4. The Bertz CT molecular complexity index is 804. The summed E-state index contributed by atoms with van der Waals surface area (Å²) in [7, 11) is 1.51. The van der Waals surface area contributed by atoms with Crippen molar-refractivity contribution in [2.24, 2.45) is 0 Å². The predicted octanol–water partition coefficient (Wildman–Crippen LogP) is 3.64. The van der Waals surface area contributed by atoms with E-state index >= 15 is 0 Å². The fourth-order valence-electron chi connectivity index (χ4n) is 2.36. The first kappa shape index (κ1) is 21.6. The van der Waals surface area contributed by atoms with Crippen LogP contribution in [0.3, 0.4) is 0 Å². The second kappa shape index (κ2) is 9.98. The molecule has 1 aliphatic heterocycles. The normalized spacial score (nSPS) is 16.2. The lowest BCUT2D eigenvalue weighted by Crippen LogP contribution is -2.35. The highest BCUT2D eigenvalue weighted by Gasteiger charge is 2.37. The van der Waals surface area contributed by atoms with Crippen molar-refractivity contribution in [2.75, 3.05) is 20.3 Å². The van der Waals surface area contributed by atoms with Crippen molar-refractivity contribution in [1.82, 2.24) is 4.90 Å². The van der Waals surface area contributed by atoms with Crippen LogP contribution in [0.25, 0.3) is 6.08 Å². The first-order valence-corrected chi connectivity index (χ1v) is 9.58. The van der Waals surface area contributed by atoms with Crippen molar-refractivity contribution in [3.8, 4) is 11.5 Å². The van der Waals surface area contributed by atoms with Crippen molar-refractivity contribution in [3.63, 3.8) is 0 Å². The maximum atomic E-state index is 12.6. The number of esters is 1. The summed E-state index contributed by atoms with van der Waals surface area (Å²) < 4.78 is 16.1. The van der Waals surface area contributed by atoms with Crippen molar-refractivity contribution < 1.29 is 28.6 Å². The summed E-state index contributed by atoms with van der Waals surface area (Å²) in [6.45, 7) is 7.08. The molecule has 7 nitrogen and oxygen atoms in total. The van der Waals surface area contributed by atoms with Crippen molar-refractivity contribution in [3.05, 3.63) is 41.3 Å². The van der Waals surface area contributed by atoms with Crippen LogP contribution in [0.2, 0.25) is 0 Å². The van der Waals surface area contributed by atoms with Crippen LogP contribution < -0.4 is 9.47 Å². The van der Waals surface area contributed by atoms with Crippen molar-refractivity contribution in [1.29, 1.82) is 0 Å². The zero-order valence-electron chi connectivity index (χ0n) is 16.1. The van der Waals surface area contributed by atoms with Gasteiger partial charge in [0.15, 0.2) is 11.5 Å². The fraction of sp³-hybridized carbons (Fsp3) is 0.350. The molecule has 0 bridgehead atoms. The molecule has 2 rings (SSSR count). The van der Waals surface area contributed by atoms with Gasteiger partial charge in [-0.25, -0.2) is 0 Å². The number of imide groups is 1. The predicted molar refractivity (Wildman–Crippen MR) is 107 cm³/mol. The van der Waals surface area contributed by atoms with Crippen LogP contribution in [-0.2, 0) is 14.3 Å². The molecule has 0 unspecified atom stereocenters. The molecule has 2 amide bonds. The van der Waals surface area contributed by atoms with Crippen LogP contribution in [0.1, 0.15) is 25.8 Å². The molecule has 1 saturated heterocycles. The molecule has 150 valence electrons. The number of thioether (sulfide) groups is 1. The molecule has 0 spiro atoms. The van der Waals surface area contributed by atoms with Gasteiger partial charge in [0, 0.05) is 5.56 Å². The average molecular weight is 405 g/mol. The van der Waals surface area contributed by atoms with E-state index in [0.717, 1.165) is 16.7 Å². The third-order valence-electron chi connectivity index (χ3n) is 3.93. The first-order valence-electron chi connectivity index (χ1n) is 8.76. The number of benzene rings is 1. The van der Waals surface area contributed by atoms with Gasteiger partial charge < -0.3 is 14.2 Å². The molecule has 0 aliphatic carbocycles. The monoisotopic (exact) mass is 405 g/mol. The second-order valence-electron chi connectivity index (χ2n) is 5.95. The van der Waals surface area contributed by atoms with Gasteiger partial charge in [0.05, 0.1) is 18.1 Å². The van der Waals surface area contributed by atoms with Gasteiger partial charge in [-0.2, -0.15) is 0 Å². The lowest BCUT2D eigenvalue weighted by molar-refractivity contribution is -0.150. The van der Waals surface area contributed by atoms with E-state index in [1.807, 2.05) is 6.92 Å². The molecule has 0 radical (unpaired) electrons. The number of carbonyl (C=O) groups excluding carboxylic acids is 3. The SMILES string of the molecule is C=CCOc1c(/C=C2\SC(=O)N(CC(=O)O[C@H](C)CC)C2=O)cccc1OC. The van der Waals surface area contributed by atoms with Crippen LogP contribution >= 0.6 is 11.8 Å². The number of methoxy groups -OCH3 is 1. The number of carbonyl (C=O) groups is 3. The molecule has 1 aromatic carbocycles. The molecule has 28 heavy (non-hydrogen) atoms. The molecular weight excluding hydrogens is 382 g/mol. The number of nitrogens with zero attached hydrogens (tertiary/aromatic N) is 1. The van der Waals surface area contributed by atoms with Gasteiger partial charge in [-0.15, -0.1) is 0 Å². The third-order valence-corrected chi connectivity index (χ3v) is 4.84. The van der Waals surface area contributed by atoms with Gasteiger partial charge in [0.1, 0.15) is 13.2 Å². The molecule has 8 heteroatoms. The highest BCUT2D eigenvalue weighted by molar-refractivity contribution is 8.18. The summed E-state index contributed by atoms with van der Waals surface area (Å²) in [6.07, 6.45) is 3.51. The third kappa shape index (κ3) is 5.16. The Morgan fingerprint density at radius 3 is 2.75 bits per heavy atom. The molecule has 1 atom stereocenters. The number of ether oxygens (including phenoxy) is 3. The minimum atomic E-state index is -0.616. The van der Waals surface area contributed by atoms with Gasteiger partial charge in [0.2, 0.25) is 0 Å². The second-order valence-corrected chi connectivity index (χ2v) is 6.95. The Kier molecular flexibility index (Phi) is 7.69. The summed E-state index contributed by atoms with van der Waals surface area (Å²) in [5.74, 6) is -0.234. The number of para-hydroxylation sites is 1. The lowest BCUT2D eigenvalue weighted by Gasteiger charge is -2.15. The topological polar surface area (TPSA) is 82.1 Å². The van der Waals surface area contributed by atoms with Gasteiger partial charge in [-0.1, -0.05) is 31.7 Å². The molecule has 1 fully saturated rings. The van der Waals surface area contributed by atoms with Crippen LogP contribution in [0.4, 0.5) is 4.79 Å². The summed E-state index contributed by atoms with van der Waals surface area (Å²) >= 11 is 0.763. The van der Waals surface area contributed by atoms with Gasteiger partial charge in [-0.05, 0) is 37.2 Å². The van der Waals surface area contributed by atoms with Crippen LogP contribution in [0.15, 0.2) is 35.8 Å². The lowest BCUT2D eigenvalue weighted by atomic mass is 10.1. The molecule has 1 aliphatic rings. The molecule has 1 aromatic rings. The Balaban J connectivity index is 2.24. The summed E-state index contributed by atoms with van der Waals surface area (Å²) in [5.41, 5.74) is 0.578. The largest absolute Gasteiger partial charge is 0.493 e. The van der Waals surface area contributed by atoms with E-state index in [4.69, 9.17) is 14.2 Å². The molecule has 1 heterocycles. The van der Waals surface area contributed by atoms with Crippen molar-refractivity contribution >= 4 is 35.0 Å². The van der Waals surface area contributed by atoms with E-state index in [1.54, 1.807) is 37.3 Å². The Morgan fingerprint density at radius 1 is 1.36 bits per heavy atom. The fourth-order valence-corrected chi connectivity index (χ4v) is 3.18. The summed E-state index contributed by atoms with van der Waals surface area (Å²) in [4.78, 5) is 37.8. The Morgan fingerprint density at radius 2 is 2.11 bits per heavy atom. The van der Waals surface area contributed by atoms with E-state index in [-0.39, 0.29) is 17.6 Å². The van der Waals surface area contributed by atoms with Crippen molar-refractivity contribution in [2.45, 2.75) is 26.4 Å². The van der Waals surface area contributed by atoms with Gasteiger partial charge >= 0.3 is 5.97 Å². The highest BCUT2D eigenvalue weighted by Crippen LogP contribution is 2.37. The van der Waals surface area contributed by atoms with Gasteiger partial charge in [-0.3, -0.25) is 19.3 Å². The molecular formula is C20H23NO6S. The van der Waals surface area contributed by atoms with E-state index in [2.05, 4.69) is 6.58 Å². The molecule has 0 saturated carbocycles. The zero-order valence-corrected chi connectivity index (χ0v) is 16.9. The number of hydrogen-bond donors (Lipinski definition) is 0. The van der Waals surface area contributed by atoms with Crippen LogP contribution in [-0.4, -0.2) is 48.4 Å². The Hall–Kier alpha value is -2.74. The minimum Gasteiger partial charge on any atom is -0.493 e. The summed E-state index contributed by atoms with van der Waals surface area (Å²) in [6, 6.07) is 5.22. The van der Waals surface area contributed by atoms with Gasteiger partial charge in [0.25, 0.3) is 11.1 Å². The standard InChI is InChI=1S/C20H23NO6S/c1-5-10-26-18-14(8-7-9-15(18)25-4)11-16-19(23)21(20(24)28-16)12-17(22)27-13(3)6-2/h5,7-9,11,13H,1,6,10,12H2,2-4H3/b16-11-/t13-/m1/s1. The molecule has 0 aromatic heterocycles. The quantitative estimate of drug-likeness (QED) is 0.352. The summed E-state index contributed by atoms with van der Waals surface area (Å²) in [5, 5.41) is -0.520. The molecule has 0 N–H and O–H groups in total. The number of hydrogen-bond acceptors (Lipinski definition) is 7. The maximum Gasteiger partial charge on any atom is 0.326 e. The zero-order chi connectivity index (χ0) is 20.7. The van der Waals surface area contributed by atoms with Crippen LogP contribution in [0, 0.1) is 0 Å².